The van der Waals surface area contributed by atoms with Crippen LogP contribution in [0, 0.1) is 11.8 Å². The van der Waals surface area contributed by atoms with Crippen molar-refractivity contribution in [2.45, 2.75) is 52.0 Å². The van der Waals surface area contributed by atoms with Crippen LogP contribution in [0.1, 0.15) is 45.8 Å². The minimum atomic E-state index is -3.58. The summed E-state index contributed by atoms with van der Waals surface area (Å²) in [6.07, 6.45) is 0.680. The van der Waals surface area contributed by atoms with E-state index in [1.54, 1.807) is 26.0 Å². The standard InChI is InChI=1S/C22H30N4O6S/c1-5-25(6-2)33(29,30)18-9-7-17(8-10-18)26-13-16(12-21(26)27)22(28)31-14-20-23-19(24-32-20)11-15(3)4/h7-10,15-16H,5-6,11-14H2,1-4H3. The van der Waals surface area contributed by atoms with Crippen LogP contribution in [0.25, 0.3) is 0 Å². The molecule has 0 saturated carbocycles. The van der Waals surface area contributed by atoms with Crippen LogP contribution in [-0.4, -0.2) is 54.4 Å². The molecule has 1 saturated heterocycles. The van der Waals surface area contributed by atoms with Crippen molar-refractivity contribution in [2.24, 2.45) is 11.8 Å². The monoisotopic (exact) mass is 478 g/mol. The number of amides is 1. The van der Waals surface area contributed by atoms with E-state index in [1.807, 2.05) is 13.8 Å². The predicted octanol–water partition coefficient (Wildman–Crippen LogP) is 2.39. The Kier molecular flexibility index (Phi) is 7.85. The topological polar surface area (TPSA) is 123 Å². The van der Waals surface area contributed by atoms with Crippen molar-refractivity contribution in [3.8, 4) is 0 Å². The van der Waals surface area contributed by atoms with E-state index in [0.717, 1.165) is 0 Å². The van der Waals surface area contributed by atoms with Crippen molar-refractivity contribution in [3.05, 3.63) is 36.0 Å². The fraction of sp³-hybridized carbons (Fsp3) is 0.545. The van der Waals surface area contributed by atoms with Crippen LogP contribution in [0.5, 0.6) is 0 Å². The number of carbonyl (C=O) groups is 2. The Morgan fingerprint density at radius 2 is 1.91 bits per heavy atom. The van der Waals surface area contributed by atoms with E-state index in [-0.39, 0.29) is 36.3 Å². The van der Waals surface area contributed by atoms with Crippen LogP contribution in [0.15, 0.2) is 33.7 Å². The first-order valence-electron chi connectivity index (χ1n) is 11.0. The fourth-order valence-electron chi connectivity index (χ4n) is 3.67. The van der Waals surface area contributed by atoms with Gasteiger partial charge in [0.1, 0.15) is 0 Å². The van der Waals surface area contributed by atoms with Crippen molar-refractivity contribution < 1.29 is 27.3 Å². The van der Waals surface area contributed by atoms with Gasteiger partial charge in [-0.05, 0) is 30.2 Å². The molecular weight excluding hydrogens is 448 g/mol. The van der Waals surface area contributed by atoms with Crippen molar-refractivity contribution >= 4 is 27.6 Å². The van der Waals surface area contributed by atoms with Crippen molar-refractivity contribution in [3.63, 3.8) is 0 Å². The number of hydrogen-bond acceptors (Lipinski definition) is 8. The maximum absolute atomic E-state index is 12.6. The summed E-state index contributed by atoms with van der Waals surface area (Å²) in [4.78, 5) is 30.8. The molecule has 0 radical (unpaired) electrons. The molecule has 2 aromatic rings. The van der Waals surface area contributed by atoms with E-state index in [2.05, 4.69) is 10.1 Å². The summed E-state index contributed by atoms with van der Waals surface area (Å²) in [6.45, 7) is 8.39. The van der Waals surface area contributed by atoms with Gasteiger partial charge in [0.2, 0.25) is 15.9 Å². The lowest BCUT2D eigenvalue weighted by atomic mass is 10.1. The number of esters is 1. The van der Waals surface area contributed by atoms with Gasteiger partial charge in [-0.15, -0.1) is 0 Å². The van der Waals surface area contributed by atoms with Gasteiger partial charge in [0.25, 0.3) is 5.89 Å². The molecule has 1 aromatic heterocycles. The highest BCUT2D eigenvalue weighted by Crippen LogP contribution is 2.28. The summed E-state index contributed by atoms with van der Waals surface area (Å²) >= 11 is 0. The minimum Gasteiger partial charge on any atom is -0.455 e. The van der Waals surface area contributed by atoms with Crippen LogP contribution in [0.2, 0.25) is 0 Å². The summed E-state index contributed by atoms with van der Waals surface area (Å²) in [6, 6.07) is 6.12. The van der Waals surface area contributed by atoms with Gasteiger partial charge in [0, 0.05) is 38.2 Å². The number of sulfonamides is 1. The second-order valence-corrected chi connectivity index (χ2v) is 10.2. The largest absolute Gasteiger partial charge is 0.455 e. The molecule has 0 aliphatic carbocycles. The van der Waals surface area contributed by atoms with E-state index in [1.165, 1.54) is 21.3 Å². The zero-order chi connectivity index (χ0) is 24.2. The lowest BCUT2D eigenvalue weighted by Crippen LogP contribution is -2.30. The molecule has 3 rings (SSSR count). The molecule has 1 unspecified atom stereocenters. The Morgan fingerprint density at radius 3 is 2.52 bits per heavy atom. The Balaban J connectivity index is 1.60. The molecule has 1 amide bonds. The summed E-state index contributed by atoms with van der Waals surface area (Å²) in [7, 11) is -3.58. The number of aromatic nitrogens is 2. The summed E-state index contributed by atoms with van der Waals surface area (Å²) in [5, 5.41) is 3.86. The molecule has 33 heavy (non-hydrogen) atoms. The van der Waals surface area contributed by atoms with Crippen LogP contribution in [0.3, 0.4) is 0 Å². The molecule has 1 atom stereocenters. The average Bonchev–Trinajstić information content (AvgIpc) is 3.38. The summed E-state index contributed by atoms with van der Waals surface area (Å²) < 4.78 is 37.0. The zero-order valence-corrected chi connectivity index (χ0v) is 20.2. The first-order chi connectivity index (χ1) is 15.6. The number of hydrogen-bond donors (Lipinski definition) is 0. The fourth-order valence-corrected chi connectivity index (χ4v) is 5.13. The Hall–Kier alpha value is -2.79. The maximum Gasteiger partial charge on any atom is 0.311 e. The van der Waals surface area contributed by atoms with Crippen molar-refractivity contribution in [1.82, 2.24) is 14.4 Å². The lowest BCUT2D eigenvalue weighted by molar-refractivity contribution is -0.150. The first-order valence-corrected chi connectivity index (χ1v) is 12.5. The van der Waals surface area contributed by atoms with Gasteiger partial charge < -0.3 is 14.2 Å². The molecule has 10 nitrogen and oxygen atoms in total. The molecule has 1 aromatic carbocycles. The predicted molar refractivity (Wildman–Crippen MR) is 120 cm³/mol. The van der Waals surface area contributed by atoms with Crippen LogP contribution in [0.4, 0.5) is 5.69 Å². The summed E-state index contributed by atoms with van der Waals surface area (Å²) in [5.41, 5.74) is 0.532. The molecule has 11 heteroatoms. The SMILES string of the molecule is CCN(CC)S(=O)(=O)c1ccc(N2CC(C(=O)OCc3nc(CC(C)C)no3)CC2=O)cc1. The number of carbonyl (C=O) groups excluding carboxylic acids is 2. The smallest absolute Gasteiger partial charge is 0.311 e. The average molecular weight is 479 g/mol. The van der Waals surface area contributed by atoms with Crippen molar-refractivity contribution in [2.75, 3.05) is 24.5 Å². The van der Waals surface area contributed by atoms with Gasteiger partial charge in [-0.1, -0.05) is 32.9 Å². The van der Waals surface area contributed by atoms with Gasteiger partial charge >= 0.3 is 5.97 Å². The molecule has 0 bridgehead atoms. The zero-order valence-electron chi connectivity index (χ0n) is 19.4. The maximum atomic E-state index is 12.6. The Labute approximate surface area is 193 Å². The molecular formula is C22H30N4O6S. The molecule has 1 fully saturated rings. The van der Waals surface area contributed by atoms with E-state index >= 15 is 0 Å². The highest BCUT2D eigenvalue weighted by atomic mass is 32.2. The number of nitrogens with zero attached hydrogens (tertiary/aromatic N) is 4. The number of ether oxygens (including phenoxy) is 1. The van der Waals surface area contributed by atoms with Gasteiger partial charge in [0.15, 0.2) is 12.4 Å². The van der Waals surface area contributed by atoms with E-state index in [4.69, 9.17) is 9.26 Å². The van der Waals surface area contributed by atoms with E-state index in [0.29, 0.717) is 36.9 Å². The third-order valence-electron chi connectivity index (χ3n) is 5.39. The second kappa shape index (κ2) is 10.4. The van der Waals surface area contributed by atoms with Crippen LogP contribution in [-0.2, 0) is 37.4 Å². The second-order valence-electron chi connectivity index (χ2n) is 8.30. The van der Waals surface area contributed by atoms with Gasteiger partial charge in [-0.2, -0.15) is 9.29 Å². The Bertz CT molecular complexity index is 1080. The number of anilines is 1. The Morgan fingerprint density at radius 1 is 1.24 bits per heavy atom. The van der Waals surface area contributed by atoms with Crippen LogP contribution < -0.4 is 4.90 Å². The van der Waals surface area contributed by atoms with Gasteiger partial charge in [0.05, 0.1) is 10.8 Å². The van der Waals surface area contributed by atoms with Gasteiger partial charge in [-0.25, -0.2) is 8.42 Å². The molecule has 1 aliphatic heterocycles. The minimum absolute atomic E-state index is 0.0146. The highest BCUT2D eigenvalue weighted by molar-refractivity contribution is 7.89. The third kappa shape index (κ3) is 5.77. The van der Waals surface area contributed by atoms with Gasteiger partial charge in [-0.3, -0.25) is 9.59 Å². The van der Waals surface area contributed by atoms with Crippen molar-refractivity contribution in [1.29, 1.82) is 0 Å². The molecule has 2 heterocycles. The van der Waals surface area contributed by atoms with E-state index in [9.17, 15) is 18.0 Å². The quantitative estimate of drug-likeness (QED) is 0.477. The molecule has 0 N–H and O–H groups in total. The van der Waals surface area contributed by atoms with Crippen LogP contribution >= 0.6 is 0 Å². The van der Waals surface area contributed by atoms with E-state index < -0.39 is 21.9 Å². The number of rotatable bonds is 10. The molecule has 180 valence electrons. The molecule has 1 aliphatic rings. The summed E-state index contributed by atoms with van der Waals surface area (Å²) in [5.74, 6) is -0.229. The first kappa shape index (κ1) is 24.8. The molecule has 0 spiro atoms. The third-order valence-corrected chi connectivity index (χ3v) is 7.45. The highest BCUT2D eigenvalue weighted by Gasteiger charge is 2.36. The normalized spacial score (nSPS) is 16.7. The number of benzene rings is 1. The lowest BCUT2D eigenvalue weighted by Gasteiger charge is -2.20.